The van der Waals surface area contributed by atoms with Crippen molar-refractivity contribution in [2.24, 2.45) is 0 Å². The van der Waals surface area contributed by atoms with Crippen molar-refractivity contribution in [2.45, 2.75) is 19.0 Å². The second-order valence-electron chi connectivity index (χ2n) is 7.18. The molecular weight excluding hydrogens is 426 g/mol. The second kappa shape index (κ2) is 9.41. The number of rotatable bonds is 6. The molecule has 1 aromatic heterocycles. The molecule has 31 heavy (non-hydrogen) atoms. The molecule has 1 amide bonds. The third-order valence-electron chi connectivity index (χ3n) is 4.89. The van der Waals surface area contributed by atoms with E-state index in [-0.39, 0.29) is 11.7 Å². The van der Waals surface area contributed by atoms with Crippen molar-refractivity contribution in [1.82, 2.24) is 9.55 Å². The Kier molecular flexibility index (Phi) is 6.44. The van der Waals surface area contributed by atoms with E-state index in [1.54, 1.807) is 0 Å². The lowest BCUT2D eigenvalue weighted by Gasteiger charge is -2.12. The van der Waals surface area contributed by atoms with Gasteiger partial charge in [-0.25, -0.2) is 4.98 Å². The van der Waals surface area contributed by atoms with Crippen molar-refractivity contribution in [3.8, 4) is 16.9 Å². The van der Waals surface area contributed by atoms with Crippen LogP contribution in [0, 0.1) is 13.8 Å². The highest BCUT2D eigenvalue weighted by Gasteiger charge is 2.19. The number of aromatic nitrogens is 2. The van der Waals surface area contributed by atoms with Gasteiger partial charge < -0.3 is 5.32 Å². The SMILES string of the molecule is Cc1ccc(NC(=O)CSc2nc(-c3ccccc3)c(C)n2-c2ccccc2Cl)cc1. The number of anilines is 1. The number of thioether (sulfide) groups is 1. The molecule has 0 aliphatic carbocycles. The fourth-order valence-electron chi connectivity index (χ4n) is 3.32. The number of carbonyl (C=O) groups excluding carboxylic acids is 1. The highest BCUT2D eigenvalue weighted by molar-refractivity contribution is 7.99. The predicted molar refractivity (Wildman–Crippen MR) is 129 cm³/mol. The summed E-state index contributed by atoms with van der Waals surface area (Å²) < 4.78 is 2.02. The van der Waals surface area contributed by atoms with Gasteiger partial charge in [0.1, 0.15) is 0 Å². The topological polar surface area (TPSA) is 46.9 Å². The molecule has 4 aromatic rings. The van der Waals surface area contributed by atoms with Crippen LogP contribution >= 0.6 is 23.4 Å². The Morgan fingerprint density at radius 1 is 0.968 bits per heavy atom. The van der Waals surface area contributed by atoms with Gasteiger partial charge in [0.05, 0.1) is 22.2 Å². The maximum Gasteiger partial charge on any atom is 0.234 e. The molecule has 0 saturated carbocycles. The molecule has 4 rings (SSSR count). The van der Waals surface area contributed by atoms with Crippen molar-refractivity contribution in [1.29, 1.82) is 0 Å². The third kappa shape index (κ3) is 4.84. The lowest BCUT2D eigenvalue weighted by molar-refractivity contribution is -0.113. The number of para-hydroxylation sites is 1. The summed E-state index contributed by atoms with van der Waals surface area (Å²) in [5.41, 5.74) is 5.65. The number of nitrogens with one attached hydrogen (secondary N) is 1. The molecule has 1 N–H and O–H groups in total. The number of carbonyl (C=O) groups is 1. The van der Waals surface area contributed by atoms with Gasteiger partial charge in [0.15, 0.2) is 5.16 Å². The van der Waals surface area contributed by atoms with Crippen LogP contribution in [0.4, 0.5) is 5.69 Å². The fourth-order valence-corrected chi connectivity index (χ4v) is 4.40. The van der Waals surface area contributed by atoms with Crippen LogP contribution in [0.5, 0.6) is 0 Å². The van der Waals surface area contributed by atoms with E-state index in [1.807, 2.05) is 97.3 Å². The fraction of sp³-hybridized carbons (Fsp3) is 0.120. The zero-order valence-corrected chi connectivity index (χ0v) is 18.9. The first-order valence-electron chi connectivity index (χ1n) is 9.92. The van der Waals surface area contributed by atoms with Crippen LogP contribution in [0.25, 0.3) is 16.9 Å². The van der Waals surface area contributed by atoms with E-state index < -0.39 is 0 Å². The van der Waals surface area contributed by atoms with Crippen LogP contribution in [-0.2, 0) is 4.79 Å². The molecule has 0 spiro atoms. The van der Waals surface area contributed by atoms with Crippen molar-refractivity contribution in [3.63, 3.8) is 0 Å². The Hall–Kier alpha value is -3.02. The van der Waals surface area contributed by atoms with Crippen LogP contribution in [0.2, 0.25) is 5.02 Å². The molecule has 0 aliphatic rings. The molecule has 0 aliphatic heterocycles. The average Bonchev–Trinajstić information content (AvgIpc) is 3.11. The Morgan fingerprint density at radius 3 is 2.35 bits per heavy atom. The van der Waals surface area contributed by atoms with Crippen LogP contribution in [-0.4, -0.2) is 21.2 Å². The minimum absolute atomic E-state index is 0.0820. The molecule has 0 atom stereocenters. The zero-order valence-electron chi connectivity index (χ0n) is 17.3. The number of hydrogen-bond donors (Lipinski definition) is 1. The Morgan fingerprint density at radius 2 is 1.65 bits per heavy atom. The van der Waals surface area contributed by atoms with Gasteiger partial charge in [-0.05, 0) is 38.1 Å². The first-order chi connectivity index (χ1) is 15.0. The zero-order chi connectivity index (χ0) is 21.8. The molecule has 0 bridgehead atoms. The number of amides is 1. The standard InChI is InChI=1S/C25H22ClN3OS/c1-17-12-14-20(15-13-17)27-23(30)16-31-25-28-24(19-8-4-3-5-9-19)18(2)29(25)22-11-7-6-10-21(22)26/h3-15H,16H2,1-2H3,(H,27,30). The summed E-state index contributed by atoms with van der Waals surface area (Å²) in [6, 6.07) is 25.4. The van der Waals surface area contributed by atoms with E-state index in [0.29, 0.717) is 5.02 Å². The smallest absolute Gasteiger partial charge is 0.234 e. The number of imidazole rings is 1. The summed E-state index contributed by atoms with van der Waals surface area (Å²) in [6.45, 7) is 4.04. The summed E-state index contributed by atoms with van der Waals surface area (Å²) in [5.74, 6) is 0.157. The summed E-state index contributed by atoms with van der Waals surface area (Å²) in [7, 11) is 0. The quantitative estimate of drug-likeness (QED) is 0.341. The maximum absolute atomic E-state index is 12.6. The van der Waals surface area contributed by atoms with Crippen molar-refractivity contribution >= 4 is 35.0 Å². The summed E-state index contributed by atoms with van der Waals surface area (Å²) in [5, 5.41) is 4.30. The monoisotopic (exact) mass is 447 g/mol. The van der Waals surface area contributed by atoms with Gasteiger partial charge in [-0.1, -0.05) is 83.5 Å². The first-order valence-corrected chi connectivity index (χ1v) is 11.3. The van der Waals surface area contributed by atoms with Crippen LogP contribution in [0.1, 0.15) is 11.3 Å². The summed E-state index contributed by atoms with van der Waals surface area (Å²) in [6.07, 6.45) is 0. The largest absolute Gasteiger partial charge is 0.325 e. The minimum Gasteiger partial charge on any atom is -0.325 e. The molecule has 4 nitrogen and oxygen atoms in total. The van der Waals surface area contributed by atoms with Crippen molar-refractivity contribution in [3.05, 3.63) is 95.1 Å². The van der Waals surface area contributed by atoms with E-state index in [1.165, 1.54) is 11.8 Å². The second-order valence-corrected chi connectivity index (χ2v) is 8.53. The predicted octanol–water partition coefficient (Wildman–Crippen LogP) is 6.54. The Labute approximate surface area is 191 Å². The van der Waals surface area contributed by atoms with Gasteiger partial charge in [-0.2, -0.15) is 0 Å². The van der Waals surface area contributed by atoms with Gasteiger partial charge in [0.2, 0.25) is 5.91 Å². The van der Waals surface area contributed by atoms with Gasteiger partial charge in [-0.3, -0.25) is 9.36 Å². The molecular formula is C25H22ClN3OS. The first kappa shape index (κ1) is 21.2. The average molecular weight is 448 g/mol. The summed E-state index contributed by atoms with van der Waals surface area (Å²) in [4.78, 5) is 17.4. The summed E-state index contributed by atoms with van der Waals surface area (Å²) >= 11 is 7.90. The molecule has 6 heteroatoms. The van der Waals surface area contributed by atoms with Crippen LogP contribution < -0.4 is 5.32 Å². The lowest BCUT2D eigenvalue weighted by atomic mass is 10.1. The lowest BCUT2D eigenvalue weighted by Crippen LogP contribution is -2.14. The van der Waals surface area contributed by atoms with E-state index in [4.69, 9.17) is 16.6 Å². The van der Waals surface area contributed by atoms with E-state index in [9.17, 15) is 4.79 Å². The highest BCUT2D eigenvalue weighted by Crippen LogP contribution is 2.33. The number of hydrogen-bond acceptors (Lipinski definition) is 3. The number of benzene rings is 3. The van der Waals surface area contributed by atoms with Crippen LogP contribution in [0.15, 0.2) is 84.0 Å². The van der Waals surface area contributed by atoms with Gasteiger partial charge in [0.25, 0.3) is 0 Å². The third-order valence-corrected chi connectivity index (χ3v) is 6.14. The van der Waals surface area contributed by atoms with E-state index in [2.05, 4.69) is 5.32 Å². The number of halogens is 1. The van der Waals surface area contributed by atoms with Crippen molar-refractivity contribution in [2.75, 3.05) is 11.1 Å². The molecule has 156 valence electrons. The maximum atomic E-state index is 12.6. The van der Waals surface area contributed by atoms with Gasteiger partial charge >= 0.3 is 0 Å². The molecule has 3 aromatic carbocycles. The number of nitrogens with zero attached hydrogens (tertiary/aromatic N) is 2. The van der Waals surface area contributed by atoms with Crippen molar-refractivity contribution < 1.29 is 4.79 Å². The molecule has 0 fully saturated rings. The van der Waals surface area contributed by atoms with E-state index >= 15 is 0 Å². The highest BCUT2D eigenvalue weighted by atomic mass is 35.5. The minimum atomic E-state index is -0.0820. The number of aryl methyl sites for hydroxylation is 1. The normalized spacial score (nSPS) is 10.8. The van der Waals surface area contributed by atoms with Gasteiger partial charge in [0, 0.05) is 16.9 Å². The molecule has 0 radical (unpaired) electrons. The van der Waals surface area contributed by atoms with E-state index in [0.717, 1.165) is 39.0 Å². The molecule has 1 heterocycles. The van der Waals surface area contributed by atoms with Crippen LogP contribution in [0.3, 0.4) is 0 Å². The Bertz CT molecular complexity index is 1200. The molecule has 0 saturated heterocycles. The van der Waals surface area contributed by atoms with Gasteiger partial charge in [-0.15, -0.1) is 0 Å². The molecule has 0 unspecified atom stereocenters. The Balaban J connectivity index is 1.63.